The smallest absolute Gasteiger partial charge is 0.253 e. The molecule has 2 aromatic rings. The first-order valence-corrected chi connectivity index (χ1v) is 7.07. The second-order valence-corrected chi connectivity index (χ2v) is 5.82. The molecule has 0 bridgehead atoms. The van der Waals surface area contributed by atoms with E-state index in [-0.39, 0.29) is 11.4 Å². The zero-order valence-corrected chi connectivity index (χ0v) is 11.3. The topological polar surface area (TPSA) is 44.9 Å². The predicted molar refractivity (Wildman–Crippen MR) is 77.3 cm³/mol. The van der Waals surface area contributed by atoms with E-state index < -0.39 is 0 Å². The molecule has 1 aromatic carbocycles. The quantitative estimate of drug-likeness (QED) is 0.847. The number of carbonyl (C=O) groups excluding carboxylic acids is 1. The average molecular weight is 256 g/mol. The molecule has 0 aliphatic heterocycles. The van der Waals surface area contributed by atoms with E-state index in [0.717, 1.165) is 29.3 Å². The van der Waals surface area contributed by atoms with E-state index in [0.29, 0.717) is 0 Å². The van der Waals surface area contributed by atoms with Crippen LogP contribution in [0.4, 0.5) is 0 Å². The fourth-order valence-electron chi connectivity index (χ4n) is 3.06. The number of aromatic nitrogens is 1. The number of fused-ring (bicyclic) bond motifs is 1. The Morgan fingerprint density at radius 1 is 1.21 bits per heavy atom. The van der Waals surface area contributed by atoms with Crippen molar-refractivity contribution < 1.29 is 4.79 Å². The first-order valence-electron chi connectivity index (χ1n) is 7.07. The van der Waals surface area contributed by atoms with Crippen LogP contribution < -0.4 is 5.32 Å². The van der Waals surface area contributed by atoms with E-state index >= 15 is 0 Å². The molecule has 1 saturated carbocycles. The van der Waals surface area contributed by atoms with Crippen LogP contribution in [0.1, 0.15) is 49.4 Å². The number of amides is 1. The van der Waals surface area contributed by atoms with Crippen molar-refractivity contribution in [1.82, 2.24) is 10.3 Å². The maximum atomic E-state index is 12.5. The molecular formula is C16H20N2O. The predicted octanol–water partition coefficient (Wildman–Crippen LogP) is 3.62. The van der Waals surface area contributed by atoms with Gasteiger partial charge in [0.1, 0.15) is 0 Å². The molecule has 1 heterocycles. The van der Waals surface area contributed by atoms with E-state index in [9.17, 15) is 4.79 Å². The van der Waals surface area contributed by atoms with Crippen LogP contribution >= 0.6 is 0 Å². The van der Waals surface area contributed by atoms with Crippen LogP contribution in [-0.2, 0) is 0 Å². The first-order chi connectivity index (χ1) is 9.18. The molecule has 3 rings (SSSR count). The number of hydrogen-bond acceptors (Lipinski definition) is 1. The van der Waals surface area contributed by atoms with E-state index in [1.807, 2.05) is 30.5 Å². The molecule has 0 spiro atoms. The molecule has 3 heteroatoms. The van der Waals surface area contributed by atoms with Crippen LogP contribution in [-0.4, -0.2) is 16.4 Å². The van der Waals surface area contributed by atoms with Gasteiger partial charge in [0.2, 0.25) is 0 Å². The SMILES string of the molecule is CC1(NC(=O)c2c[nH]c3ccccc23)CCCCC1. The molecule has 0 unspecified atom stereocenters. The highest BCUT2D eigenvalue weighted by Gasteiger charge is 2.29. The summed E-state index contributed by atoms with van der Waals surface area (Å²) in [5.74, 6) is 0.0434. The fourth-order valence-corrected chi connectivity index (χ4v) is 3.06. The summed E-state index contributed by atoms with van der Waals surface area (Å²) in [4.78, 5) is 15.6. The molecule has 3 nitrogen and oxygen atoms in total. The van der Waals surface area contributed by atoms with Crippen LogP contribution in [0.2, 0.25) is 0 Å². The molecule has 0 saturated heterocycles. The minimum absolute atomic E-state index is 0.0340. The van der Waals surface area contributed by atoms with Gasteiger partial charge in [-0.1, -0.05) is 37.5 Å². The number of para-hydroxylation sites is 1. The summed E-state index contributed by atoms with van der Waals surface area (Å²) < 4.78 is 0. The van der Waals surface area contributed by atoms with Gasteiger partial charge in [0, 0.05) is 22.6 Å². The largest absolute Gasteiger partial charge is 0.360 e. The summed E-state index contributed by atoms with van der Waals surface area (Å²) in [7, 11) is 0. The third-order valence-corrected chi connectivity index (χ3v) is 4.21. The lowest BCUT2D eigenvalue weighted by atomic mass is 9.83. The van der Waals surface area contributed by atoms with Crippen molar-refractivity contribution in [1.29, 1.82) is 0 Å². The van der Waals surface area contributed by atoms with Gasteiger partial charge >= 0.3 is 0 Å². The molecule has 19 heavy (non-hydrogen) atoms. The highest BCUT2D eigenvalue weighted by Crippen LogP contribution is 2.28. The Balaban J connectivity index is 1.84. The van der Waals surface area contributed by atoms with Crippen molar-refractivity contribution >= 4 is 16.8 Å². The van der Waals surface area contributed by atoms with Crippen molar-refractivity contribution in [3.8, 4) is 0 Å². The van der Waals surface area contributed by atoms with E-state index in [1.165, 1.54) is 19.3 Å². The van der Waals surface area contributed by atoms with Gasteiger partial charge in [-0.05, 0) is 25.8 Å². The molecule has 1 aromatic heterocycles. The van der Waals surface area contributed by atoms with Gasteiger partial charge < -0.3 is 10.3 Å². The summed E-state index contributed by atoms with van der Waals surface area (Å²) in [6, 6.07) is 7.93. The minimum atomic E-state index is -0.0340. The molecule has 2 N–H and O–H groups in total. The van der Waals surface area contributed by atoms with Crippen LogP contribution in [0.3, 0.4) is 0 Å². The van der Waals surface area contributed by atoms with Gasteiger partial charge in [-0.3, -0.25) is 4.79 Å². The van der Waals surface area contributed by atoms with Crippen LogP contribution in [0.15, 0.2) is 30.5 Å². The van der Waals surface area contributed by atoms with Gasteiger partial charge in [-0.2, -0.15) is 0 Å². The lowest BCUT2D eigenvalue weighted by Gasteiger charge is -2.34. The summed E-state index contributed by atoms with van der Waals surface area (Å²) in [5, 5.41) is 4.23. The highest BCUT2D eigenvalue weighted by molar-refractivity contribution is 6.06. The maximum absolute atomic E-state index is 12.5. The molecular weight excluding hydrogens is 236 g/mol. The average Bonchev–Trinajstić information content (AvgIpc) is 2.83. The normalized spacial score (nSPS) is 18.4. The number of H-pyrrole nitrogens is 1. The molecule has 1 fully saturated rings. The highest BCUT2D eigenvalue weighted by atomic mass is 16.1. The zero-order valence-electron chi connectivity index (χ0n) is 11.3. The summed E-state index contributed by atoms with van der Waals surface area (Å²) in [6.07, 6.45) is 7.70. The number of carbonyl (C=O) groups is 1. The third kappa shape index (κ3) is 2.37. The Morgan fingerprint density at radius 2 is 1.95 bits per heavy atom. The number of nitrogens with one attached hydrogen (secondary N) is 2. The monoisotopic (exact) mass is 256 g/mol. The Labute approximate surface area is 113 Å². The standard InChI is InChI=1S/C16H20N2O/c1-16(9-5-2-6-10-16)18-15(19)13-11-17-14-8-4-3-7-12(13)14/h3-4,7-8,11,17H,2,5-6,9-10H2,1H3,(H,18,19). The molecule has 100 valence electrons. The summed E-state index contributed by atoms with van der Waals surface area (Å²) in [6.45, 7) is 2.17. The third-order valence-electron chi connectivity index (χ3n) is 4.21. The van der Waals surface area contributed by atoms with E-state index in [4.69, 9.17) is 0 Å². The Hall–Kier alpha value is -1.77. The second-order valence-electron chi connectivity index (χ2n) is 5.82. The molecule has 0 radical (unpaired) electrons. The van der Waals surface area contributed by atoms with Crippen molar-refractivity contribution in [2.45, 2.75) is 44.6 Å². The van der Waals surface area contributed by atoms with Gasteiger partial charge in [-0.15, -0.1) is 0 Å². The Morgan fingerprint density at radius 3 is 2.74 bits per heavy atom. The van der Waals surface area contributed by atoms with Gasteiger partial charge in [0.05, 0.1) is 5.56 Å². The summed E-state index contributed by atoms with van der Waals surface area (Å²) in [5.41, 5.74) is 1.73. The minimum Gasteiger partial charge on any atom is -0.360 e. The Bertz CT molecular complexity index is 594. The van der Waals surface area contributed by atoms with Crippen molar-refractivity contribution in [3.63, 3.8) is 0 Å². The lowest BCUT2D eigenvalue weighted by Crippen LogP contribution is -2.47. The van der Waals surface area contributed by atoms with Crippen molar-refractivity contribution in [3.05, 3.63) is 36.0 Å². The van der Waals surface area contributed by atoms with Gasteiger partial charge in [0.15, 0.2) is 0 Å². The molecule has 1 aliphatic rings. The number of aromatic amines is 1. The number of benzene rings is 1. The van der Waals surface area contributed by atoms with Crippen molar-refractivity contribution in [2.24, 2.45) is 0 Å². The maximum Gasteiger partial charge on any atom is 0.253 e. The van der Waals surface area contributed by atoms with E-state index in [1.54, 1.807) is 0 Å². The van der Waals surface area contributed by atoms with E-state index in [2.05, 4.69) is 17.2 Å². The molecule has 0 atom stereocenters. The first kappa shape index (κ1) is 12.3. The fraction of sp³-hybridized carbons (Fsp3) is 0.438. The van der Waals surface area contributed by atoms with Crippen LogP contribution in [0.25, 0.3) is 10.9 Å². The second kappa shape index (κ2) is 4.72. The van der Waals surface area contributed by atoms with Crippen molar-refractivity contribution in [2.75, 3.05) is 0 Å². The lowest BCUT2D eigenvalue weighted by molar-refractivity contribution is 0.0884. The number of rotatable bonds is 2. The van der Waals surface area contributed by atoms with Gasteiger partial charge in [-0.25, -0.2) is 0 Å². The van der Waals surface area contributed by atoms with Crippen LogP contribution in [0, 0.1) is 0 Å². The molecule has 1 aliphatic carbocycles. The summed E-state index contributed by atoms with van der Waals surface area (Å²) >= 11 is 0. The van der Waals surface area contributed by atoms with Gasteiger partial charge in [0.25, 0.3) is 5.91 Å². The Kier molecular flexibility index (Phi) is 3.05. The molecule has 1 amide bonds. The number of hydrogen-bond donors (Lipinski definition) is 2. The van der Waals surface area contributed by atoms with Crippen LogP contribution in [0.5, 0.6) is 0 Å². The zero-order chi connectivity index (χ0) is 13.3.